The smallest absolute Gasteiger partial charge is 0.331 e. The molecule has 1 atom stereocenters. The van der Waals surface area contributed by atoms with Crippen LogP contribution in [0.4, 0.5) is 0 Å². The van der Waals surface area contributed by atoms with Crippen molar-refractivity contribution in [1.29, 1.82) is 0 Å². The Bertz CT molecular complexity index is 650. The first kappa shape index (κ1) is 14.5. The van der Waals surface area contributed by atoms with Gasteiger partial charge in [0.15, 0.2) is 6.04 Å². The molecule has 2 rings (SSSR count). The van der Waals surface area contributed by atoms with E-state index < -0.39 is 17.9 Å². The Morgan fingerprint density at radius 3 is 2.62 bits per heavy atom. The van der Waals surface area contributed by atoms with Crippen LogP contribution in [0.15, 0.2) is 30.7 Å². The second kappa shape index (κ2) is 6.04. The van der Waals surface area contributed by atoms with Crippen molar-refractivity contribution in [2.45, 2.75) is 6.04 Å². The summed E-state index contributed by atoms with van der Waals surface area (Å²) in [6.07, 6.45) is 4.24. The number of carboxylic acid groups (broad SMARTS) is 1. The van der Waals surface area contributed by atoms with Crippen LogP contribution < -0.4 is 10.1 Å². The van der Waals surface area contributed by atoms with Crippen LogP contribution in [0.1, 0.15) is 22.0 Å². The third-order valence-electron chi connectivity index (χ3n) is 2.79. The van der Waals surface area contributed by atoms with Gasteiger partial charge in [0.2, 0.25) is 5.88 Å². The molecule has 2 aromatic rings. The van der Waals surface area contributed by atoms with Crippen molar-refractivity contribution in [3.05, 3.63) is 41.9 Å². The molecule has 1 unspecified atom stereocenters. The lowest BCUT2D eigenvalue weighted by Crippen LogP contribution is -2.33. The van der Waals surface area contributed by atoms with Crippen LogP contribution in [0.25, 0.3) is 0 Å². The van der Waals surface area contributed by atoms with Crippen LogP contribution in [0.3, 0.4) is 0 Å². The zero-order valence-electron chi connectivity index (χ0n) is 11.5. The van der Waals surface area contributed by atoms with E-state index in [1.54, 1.807) is 7.05 Å². The summed E-state index contributed by atoms with van der Waals surface area (Å²) in [5, 5.41) is 15.5. The number of rotatable bonds is 5. The summed E-state index contributed by atoms with van der Waals surface area (Å²) in [6.45, 7) is 0. The van der Waals surface area contributed by atoms with Gasteiger partial charge in [-0.1, -0.05) is 0 Å². The number of nitrogens with one attached hydrogen (secondary N) is 1. The number of hydrogen-bond donors (Lipinski definition) is 2. The molecular formula is C13H14N4O4. The van der Waals surface area contributed by atoms with Crippen molar-refractivity contribution in [2.75, 3.05) is 7.11 Å². The zero-order chi connectivity index (χ0) is 15.4. The Morgan fingerprint density at radius 1 is 1.38 bits per heavy atom. The molecule has 2 heterocycles. The molecule has 0 saturated carbocycles. The fraction of sp³-hybridized carbons (Fsp3) is 0.231. The highest BCUT2D eigenvalue weighted by Gasteiger charge is 2.24. The molecule has 110 valence electrons. The van der Waals surface area contributed by atoms with Crippen LogP contribution in [0, 0.1) is 0 Å². The molecule has 0 aliphatic carbocycles. The maximum atomic E-state index is 12.1. The van der Waals surface area contributed by atoms with E-state index in [-0.39, 0.29) is 5.56 Å². The lowest BCUT2D eigenvalue weighted by atomic mass is 10.1. The van der Waals surface area contributed by atoms with Crippen LogP contribution in [0.2, 0.25) is 0 Å². The topological polar surface area (TPSA) is 106 Å². The summed E-state index contributed by atoms with van der Waals surface area (Å²) in [4.78, 5) is 27.2. The van der Waals surface area contributed by atoms with Gasteiger partial charge in [-0.25, -0.2) is 9.78 Å². The molecule has 0 bridgehead atoms. The first-order valence-corrected chi connectivity index (χ1v) is 6.03. The van der Waals surface area contributed by atoms with E-state index >= 15 is 0 Å². The SMILES string of the molecule is COc1ccc(C(=O)NC(C(=O)O)c2cnn(C)c2)cn1. The number of carbonyl (C=O) groups is 2. The minimum absolute atomic E-state index is 0.242. The standard InChI is InChI=1S/C13H14N4O4/c1-17-7-9(6-15-17)11(13(19)20)16-12(18)8-3-4-10(21-2)14-5-8/h3-7,11H,1-2H3,(H,16,18)(H,19,20). The molecule has 0 aromatic carbocycles. The fourth-order valence-corrected chi connectivity index (χ4v) is 1.73. The van der Waals surface area contributed by atoms with Gasteiger partial charge in [0.25, 0.3) is 5.91 Å². The summed E-state index contributed by atoms with van der Waals surface area (Å²) >= 11 is 0. The number of nitrogens with zero attached hydrogens (tertiary/aromatic N) is 3. The Labute approximate surface area is 120 Å². The minimum atomic E-state index is -1.17. The number of carboxylic acids is 1. The zero-order valence-corrected chi connectivity index (χ0v) is 11.5. The van der Waals surface area contributed by atoms with Gasteiger partial charge in [0.05, 0.1) is 18.9 Å². The number of pyridine rings is 1. The normalized spacial score (nSPS) is 11.7. The van der Waals surface area contributed by atoms with Crippen LogP contribution in [0.5, 0.6) is 5.88 Å². The average molecular weight is 290 g/mol. The second-order valence-corrected chi connectivity index (χ2v) is 4.28. The van der Waals surface area contributed by atoms with Gasteiger partial charge >= 0.3 is 5.97 Å². The number of ether oxygens (including phenoxy) is 1. The third kappa shape index (κ3) is 3.35. The number of methoxy groups -OCH3 is 1. The maximum Gasteiger partial charge on any atom is 0.331 e. The molecule has 21 heavy (non-hydrogen) atoms. The molecule has 0 aliphatic heterocycles. The average Bonchev–Trinajstić information content (AvgIpc) is 2.90. The van der Waals surface area contributed by atoms with E-state index in [9.17, 15) is 14.7 Å². The van der Waals surface area contributed by atoms with Crippen molar-refractivity contribution in [1.82, 2.24) is 20.1 Å². The summed E-state index contributed by atoms with van der Waals surface area (Å²) in [7, 11) is 3.13. The van der Waals surface area contributed by atoms with Gasteiger partial charge in [-0.15, -0.1) is 0 Å². The molecule has 8 heteroatoms. The van der Waals surface area contributed by atoms with Crippen molar-refractivity contribution in [2.24, 2.45) is 7.05 Å². The molecule has 0 radical (unpaired) electrons. The number of aryl methyl sites for hydroxylation is 1. The van der Waals surface area contributed by atoms with Crippen molar-refractivity contribution in [3.8, 4) is 5.88 Å². The molecule has 2 N–H and O–H groups in total. The first-order valence-electron chi connectivity index (χ1n) is 6.03. The summed E-state index contributed by atoms with van der Waals surface area (Å²) in [5.41, 5.74) is 0.630. The van der Waals surface area contributed by atoms with Crippen LogP contribution >= 0.6 is 0 Å². The number of hydrogen-bond acceptors (Lipinski definition) is 5. The first-order chi connectivity index (χ1) is 10.0. The molecule has 0 saturated heterocycles. The van der Waals surface area contributed by atoms with Gasteiger partial charge in [0.1, 0.15) is 0 Å². The van der Waals surface area contributed by atoms with Crippen molar-refractivity contribution in [3.63, 3.8) is 0 Å². The van der Waals surface area contributed by atoms with E-state index in [0.29, 0.717) is 11.4 Å². The predicted octanol–water partition coefficient (Wildman–Crippen LogP) is 0.379. The quantitative estimate of drug-likeness (QED) is 0.824. The molecule has 8 nitrogen and oxygen atoms in total. The molecule has 2 aromatic heterocycles. The Kier molecular flexibility index (Phi) is 4.17. The number of aromatic nitrogens is 3. The van der Waals surface area contributed by atoms with Gasteiger partial charge in [-0.05, 0) is 6.07 Å². The summed E-state index contributed by atoms with van der Waals surface area (Å²) < 4.78 is 6.36. The number of aliphatic carboxylic acids is 1. The maximum absolute atomic E-state index is 12.1. The lowest BCUT2D eigenvalue weighted by molar-refractivity contribution is -0.139. The van der Waals surface area contributed by atoms with Gasteiger partial charge in [-0.3, -0.25) is 9.48 Å². The Morgan fingerprint density at radius 2 is 2.14 bits per heavy atom. The van der Waals surface area contributed by atoms with Crippen molar-refractivity contribution < 1.29 is 19.4 Å². The lowest BCUT2D eigenvalue weighted by Gasteiger charge is -2.12. The minimum Gasteiger partial charge on any atom is -0.481 e. The van der Waals surface area contributed by atoms with E-state index in [0.717, 1.165) is 0 Å². The largest absolute Gasteiger partial charge is 0.481 e. The fourth-order valence-electron chi connectivity index (χ4n) is 1.73. The molecule has 0 fully saturated rings. The number of carbonyl (C=O) groups excluding carboxylic acids is 1. The van der Waals surface area contributed by atoms with Crippen LogP contribution in [-0.2, 0) is 11.8 Å². The molecule has 0 aliphatic rings. The van der Waals surface area contributed by atoms with Gasteiger partial charge in [-0.2, -0.15) is 5.10 Å². The highest BCUT2D eigenvalue weighted by molar-refractivity contribution is 5.96. The molecule has 1 amide bonds. The highest BCUT2D eigenvalue weighted by atomic mass is 16.5. The number of amides is 1. The highest BCUT2D eigenvalue weighted by Crippen LogP contribution is 2.14. The van der Waals surface area contributed by atoms with Gasteiger partial charge < -0.3 is 15.2 Å². The van der Waals surface area contributed by atoms with E-state index in [1.807, 2.05) is 0 Å². The van der Waals surface area contributed by atoms with Crippen molar-refractivity contribution >= 4 is 11.9 Å². The monoisotopic (exact) mass is 290 g/mol. The molecule has 0 spiro atoms. The van der Waals surface area contributed by atoms with E-state index in [1.165, 1.54) is 42.5 Å². The van der Waals surface area contributed by atoms with Gasteiger partial charge in [0, 0.05) is 31.1 Å². The third-order valence-corrected chi connectivity index (χ3v) is 2.79. The summed E-state index contributed by atoms with van der Waals surface area (Å²) in [6, 6.07) is 1.85. The Hall–Kier alpha value is -2.90. The predicted molar refractivity (Wildman–Crippen MR) is 71.8 cm³/mol. The van der Waals surface area contributed by atoms with E-state index in [4.69, 9.17) is 4.74 Å². The summed E-state index contributed by atoms with van der Waals surface area (Å²) in [5.74, 6) is -1.34. The second-order valence-electron chi connectivity index (χ2n) is 4.28. The molecular weight excluding hydrogens is 276 g/mol. The van der Waals surface area contributed by atoms with Crippen LogP contribution in [-0.4, -0.2) is 38.9 Å². The van der Waals surface area contributed by atoms with E-state index in [2.05, 4.69) is 15.4 Å². The Balaban J connectivity index is 2.16.